The summed E-state index contributed by atoms with van der Waals surface area (Å²) in [4.78, 5) is 46.8. The summed E-state index contributed by atoms with van der Waals surface area (Å²) in [6, 6.07) is 13.2. The first kappa shape index (κ1) is 23.6. The Bertz CT molecular complexity index is 1160. The number of hydrogen-bond acceptors (Lipinski definition) is 7. The van der Waals surface area contributed by atoms with Gasteiger partial charge in [-0.05, 0) is 30.5 Å². The van der Waals surface area contributed by atoms with E-state index in [0.29, 0.717) is 29.7 Å². The van der Waals surface area contributed by atoms with Crippen LogP contribution in [0.15, 0.2) is 58.5 Å². The highest BCUT2D eigenvalue weighted by Crippen LogP contribution is 2.35. The number of nitro groups is 1. The van der Waals surface area contributed by atoms with Crippen molar-refractivity contribution in [3.8, 4) is 0 Å². The minimum atomic E-state index is -0.636. The maximum atomic E-state index is 13.3. The van der Waals surface area contributed by atoms with Gasteiger partial charge in [0.15, 0.2) is 5.17 Å². The number of rotatable bonds is 9. The number of para-hydroxylation sites is 1. The quantitative estimate of drug-likeness (QED) is 0.329. The van der Waals surface area contributed by atoms with Crippen molar-refractivity contribution < 1.29 is 14.5 Å². The Balaban J connectivity index is 1.49. The summed E-state index contributed by atoms with van der Waals surface area (Å²) in [5.41, 5.74) is 2.42. The number of benzene rings is 2. The maximum Gasteiger partial charge on any atom is 0.269 e. The average molecular weight is 480 g/mol. The second-order valence-corrected chi connectivity index (χ2v) is 8.95. The topological polar surface area (TPSA) is 117 Å². The lowest BCUT2D eigenvalue weighted by molar-refractivity contribution is -0.384. The molecule has 0 aromatic heterocycles. The fourth-order valence-electron chi connectivity index (χ4n) is 3.71. The molecule has 2 aromatic carbocycles. The van der Waals surface area contributed by atoms with Crippen LogP contribution < -0.4 is 5.32 Å². The van der Waals surface area contributed by atoms with Crippen LogP contribution in [0.5, 0.6) is 0 Å². The number of carbonyl (C=O) groups is 2. The second-order valence-electron chi connectivity index (χ2n) is 8.01. The minimum absolute atomic E-state index is 0.0309. The third-order valence-corrected chi connectivity index (χ3v) is 6.57. The van der Waals surface area contributed by atoms with Crippen LogP contribution >= 0.6 is 11.8 Å². The van der Waals surface area contributed by atoms with Gasteiger partial charge in [-0.1, -0.05) is 49.4 Å². The summed E-state index contributed by atoms with van der Waals surface area (Å²) in [6.45, 7) is 2.70. The molecule has 2 aliphatic heterocycles. The van der Waals surface area contributed by atoms with E-state index in [1.807, 2.05) is 24.3 Å². The van der Waals surface area contributed by atoms with Crippen LogP contribution in [0.1, 0.15) is 43.7 Å². The predicted octanol–water partition coefficient (Wildman–Crippen LogP) is 4.18. The van der Waals surface area contributed by atoms with E-state index in [-0.39, 0.29) is 23.9 Å². The van der Waals surface area contributed by atoms with Crippen LogP contribution in [0.25, 0.3) is 0 Å². The number of thioether (sulfide) groups is 1. The van der Waals surface area contributed by atoms with Gasteiger partial charge in [0.25, 0.3) is 11.6 Å². The molecule has 2 aromatic rings. The SMILES string of the molecule is CCCCNC(=O)CCC1N=C2c3ccccc3N=C(SCc3ccc([N+](=O)[O-])cc3)N2C1=O. The van der Waals surface area contributed by atoms with Gasteiger partial charge in [0.2, 0.25) is 5.91 Å². The summed E-state index contributed by atoms with van der Waals surface area (Å²) in [6.07, 6.45) is 2.49. The van der Waals surface area contributed by atoms with Gasteiger partial charge in [0.05, 0.1) is 10.6 Å². The molecule has 0 spiro atoms. The molecule has 0 bridgehead atoms. The number of aliphatic imine (C=N–C) groups is 2. The molecule has 0 saturated carbocycles. The van der Waals surface area contributed by atoms with Gasteiger partial charge in [-0.15, -0.1) is 0 Å². The molecule has 176 valence electrons. The molecule has 34 heavy (non-hydrogen) atoms. The molecule has 2 aliphatic rings. The fourth-order valence-corrected chi connectivity index (χ4v) is 4.67. The Hall–Kier alpha value is -3.53. The van der Waals surface area contributed by atoms with E-state index in [1.54, 1.807) is 12.1 Å². The molecule has 2 amide bonds. The summed E-state index contributed by atoms with van der Waals surface area (Å²) in [5.74, 6) is 0.771. The van der Waals surface area contributed by atoms with Crippen molar-refractivity contribution in [3.05, 3.63) is 69.8 Å². The van der Waals surface area contributed by atoms with Crippen LogP contribution in [0.4, 0.5) is 11.4 Å². The Labute approximate surface area is 201 Å². The molecule has 0 fully saturated rings. The first-order valence-corrected chi connectivity index (χ1v) is 12.2. The number of nitro benzene ring substituents is 1. The molecule has 0 saturated heterocycles. The Kier molecular flexibility index (Phi) is 7.36. The molecular formula is C24H25N5O4S. The average Bonchev–Trinajstić information content (AvgIpc) is 3.18. The van der Waals surface area contributed by atoms with Crippen molar-refractivity contribution in [2.24, 2.45) is 9.98 Å². The second kappa shape index (κ2) is 10.6. The van der Waals surface area contributed by atoms with Gasteiger partial charge in [-0.3, -0.25) is 24.7 Å². The van der Waals surface area contributed by atoms with Crippen LogP contribution in [0.3, 0.4) is 0 Å². The van der Waals surface area contributed by atoms with Crippen molar-refractivity contribution >= 4 is 46.0 Å². The van der Waals surface area contributed by atoms with Crippen LogP contribution in [0, 0.1) is 10.1 Å². The van der Waals surface area contributed by atoms with E-state index >= 15 is 0 Å². The van der Waals surface area contributed by atoms with E-state index in [0.717, 1.165) is 29.7 Å². The van der Waals surface area contributed by atoms with Gasteiger partial charge >= 0.3 is 0 Å². The number of amides is 2. The van der Waals surface area contributed by atoms with Crippen molar-refractivity contribution in [2.75, 3.05) is 6.54 Å². The third-order valence-electron chi connectivity index (χ3n) is 5.56. The van der Waals surface area contributed by atoms with Crippen molar-refractivity contribution in [1.29, 1.82) is 0 Å². The number of non-ortho nitro benzene ring substituents is 1. The predicted molar refractivity (Wildman–Crippen MR) is 132 cm³/mol. The number of unbranched alkanes of at least 4 members (excludes halogenated alkanes) is 1. The van der Waals surface area contributed by atoms with Crippen LogP contribution in [0.2, 0.25) is 0 Å². The van der Waals surface area contributed by atoms with Gasteiger partial charge in [0.1, 0.15) is 11.9 Å². The number of nitrogens with zero attached hydrogens (tertiary/aromatic N) is 4. The third kappa shape index (κ3) is 5.17. The lowest BCUT2D eigenvalue weighted by atomic mass is 10.1. The lowest BCUT2D eigenvalue weighted by Gasteiger charge is -2.25. The highest BCUT2D eigenvalue weighted by molar-refractivity contribution is 8.13. The molecule has 9 nitrogen and oxygen atoms in total. The summed E-state index contributed by atoms with van der Waals surface area (Å²) >= 11 is 1.37. The van der Waals surface area contributed by atoms with Gasteiger partial charge in [-0.25, -0.2) is 9.89 Å². The lowest BCUT2D eigenvalue weighted by Crippen LogP contribution is -2.41. The first-order chi connectivity index (χ1) is 16.5. The van der Waals surface area contributed by atoms with Gasteiger partial charge in [0, 0.05) is 36.4 Å². The highest BCUT2D eigenvalue weighted by Gasteiger charge is 2.41. The Morgan fingerprint density at radius 2 is 1.97 bits per heavy atom. The summed E-state index contributed by atoms with van der Waals surface area (Å²) < 4.78 is 0. The smallest absolute Gasteiger partial charge is 0.269 e. The monoisotopic (exact) mass is 479 g/mol. The van der Waals surface area contributed by atoms with Gasteiger partial charge in [-0.2, -0.15) is 0 Å². The van der Waals surface area contributed by atoms with E-state index in [4.69, 9.17) is 4.99 Å². The van der Waals surface area contributed by atoms with E-state index in [9.17, 15) is 19.7 Å². The molecule has 0 radical (unpaired) electrons. The first-order valence-electron chi connectivity index (χ1n) is 11.2. The van der Waals surface area contributed by atoms with Crippen molar-refractivity contribution in [3.63, 3.8) is 0 Å². The van der Waals surface area contributed by atoms with Crippen LogP contribution in [-0.4, -0.2) is 45.2 Å². The molecule has 2 heterocycles. The largest absolute Gasteiger partial charge is 0.356 e. The summed E-state index contributed by atoms with van der Waals surface area (Å²) in [7, 11) is 0. The number of carbonyl (C=O) groups excluding carboxylic acids is 2. The minimum Gasteiger partial charge on any atom is -0.356 e. The Morgan fingerprint density at radius 1 is 1.21 bits per heavy atom. The zero-order valence-electron chi connectivity index (χ0n) is 18.8. The zero-order valence-corrected chi connectivity index (χ0v) is 19.6. The molecule has 4 rings (SSSR count). The van der Waals surface area contributed by atoms with E-state index < -0.39 is 11.0 Å². The van der Waals surface area contributed by atoms with Crippen molar-refractivity contribution in [1.82, 2.24) is 10.2 Å². The number of nitrogens with one attached hydrogen (secondary N) is 1. The molecule has 1 N–H and O–H groups in total. The Morgan fingerprint density at radius 3 is 2.71 bits per heavy atom. The molecule has 10 heteroatoms. The van der Waals surface area contributed by atoms with Gasteiger partial charge < -0.3 is 5.32 Å². The standard InChI is InChI=1S/C24H25N5O4S/c1-2-3-14-25-21(30)13-12-20-23(31)28-22(26-20)18-6-4-5-7-19(18)27-24(28)34-15-16-8-10-17(11-9-16)29(32)33/h4-11,20H,2-3,12-15H2,1H3,(H,25,30). The van der Waals surface area contributed by atoms with Crippen molar-refractivity contribution in [2.45, 2.75) is 44.4 Å². The fraction of sp³-hybridized carbons (Fsp3) is 0.333. The molecule has 0 aliphatic carbocycles. The van der Waals surface area contributed by atoms with E-state index in [1.165, 1.54) is 28.8 Å². The summed E-state index contributed by atoms with van der Waals surface area (Å²) in [5, 5.41) is 14.3. The molecule has 1 unspecified atom stereocenters. The number of fused-ring (bicyclic) bond motifs is 3. The van der Waals surface area contributed by atoms with E-state index in [2.05, 4.69) is 17.2 Å². The zero-order chi connectivity index (χ0) is 24.1. The molecular weight excluding hydrogens is 454 g/mol. The molecule has 1 atom stereocenters. The number of amidine groups is 2. The normalized spacial score (nSPS) is 16.4. The number of hydrogen-bond donors (Lipinski definition) is 1. The maximum absolute atomic E-state index is 13.3. The highest BCUT2D eigenvalue weighted by atomic mass is 32.2. The van der Waals surface area contributed by atoms with Crippen LogP contribution in [-0.2, 0) is 15.3 Å².